The first kappa shape index (κ1) is 23.2. The van der Waals surface area contributed by atoms with Gasteiger partial charge < -0.3 is 14.2 Å². The molecule has 0 saturated carbocycles. The van der Waals surface area contributed by atoms with E-state index in [0.29, 0.717) is 36.6 Å². The van der Waals surface area contributed by atoms with Gasteiger partial charge in [0.05, 0.1) is 26.2 Å². The van der Waals surface area contributed by atoms with Crippen LogP contribution in [-0.2, 0) is 19.0 Å². The molecule has 1 heterocycles. The zero-order valence-corrected chi connectivity index (χ0v) is 18.6. The van der Waals surface area contributed by atoms with Crippen LogP contribution < -0.4 is 0 Å². The maximum atomic E-state index is 12.4. The molecule has 0 radical (unpaired) electrons. The third-order valence-electron chi connectivity index (χ3n) is 4.63. The molecule has 7 heteroatoms. The van der Waals surface area contributed by atoms with E-state index in [2.05, 4.69) is 13.8 Å². The SMILES string of the molecule is CCOC(=O)C[C@@H](c1ccc(Cl)cc1)[C@H]1N=C(OCC)[C@H](C(C)C)N=C1OCC. The van der Waals surface area contributed by atoms with E-state index in [4.69, 9.17) is 35.8 Å². The van der Waals surface area contributed by atoms with Crippen molar-refractivity contribution in [3.8, 4) is 0 Å². The summed E-state index contributed by atoms with van der Waals surface area (Å²) in [6.07, 6.45) is 0.154. The first-order valence-corrected chi connectivity index (χ1v) is 10.6. The highest BCUT2D eigenvalue weighted by molar-refractivity contribution is 6.30. The Morgan fingerprint density at radius 3 is 2.03 bits per heavy atom. The summed E-state index contributed by atoms with van der Waals surface area (Å²) in [6, 6.07) is 6.73. The lowest BCUT2D eigenvalue weighted by molar-refractivity contribution is -0.143. The Labute approximate surface area is 178 Å². The number of ether oxygens (including phenoxy) is 3. The van der Waals surface area contributed by atoms with Gasteiger partial charge in [0.2, 0.25) is 11.8 Å². The summed E-state index contributed by atoms with van der Waals surface area (Å²) in [5.74, 6) is 0.719. The summed E-state index contributed by atoms with van der Waals surface area (Å²) in [7, 11) is 0. The predicted molar refractivity (Wildman–Crippen MR) is 116 cm³/mol. The van der Waals surface area contributed by atoms with Gasteiger partial charge in [-0.3, -0.25) is 4.79 Å². The number of nitrogens with zero attached hydrogens (tertiary/aromatic N) is 2. The molecular weight excluding hydrogens is 392 g/mol. The number of hydrogen-bond donors (Lipinski definition) is 0. The van der Waals surface area contributed by atoms with Crippen LogP contribution in [0.5, 0.6) is 0 Å². The second-order valence-corrected chi connectivity index (χ2v) is 7.54. The number of esters is 1. The van der Waals surface area contributed by atoms with E-state index in [1.165, 1.54) is 0 Å². The Bertz CT molecular complexity index is 731. The van der Waals surface area contributed by atoms with Crippen LogP contribution in [0.1, 0.15) is 52.5 Å². The van der Waals surface area contributed by atoms with E-state index in [9.17, 15) is 4.79 Å². The summed E-state index contributed by atoms with van der Waals surface area (Å²) < 4.78 is 16.9. The Hall–Kier alpha value is -2.08. The molecule has 0 fully saturated rings. The maximum absolute atomic E-state index is 12.4. The highest BCUT2D eigenvalue weighted by atomic mass is 35.5. The molecule has 0 aliphatic carbocycles. The van der Waals surface area contributed by atoms with Gasteiger partial charge >= 0.3 is 5.97 Å². The Kier molecular flexibility index (Phi) is 8.96. The minimum Gasteiger partial charge on any atom is -0.480 e. The molecule has 0 saturated heterocycles. The minimum atomic E-state index is -0.475. The molecule has 0 aromatic heterocycles. The fraction of sp³-hybridized carbons (Fsp3) is 0.591. The van der Waals surface area contributed by atoms with Crippen molar-refractivity contribution in [3.05, 3.63) is 34.9 Å². The molecule has 0 spiro atoms. The fourth-order valence-electron chi connectivity index (χ4n) is 3.30. The summed E-state index contributed by atoms with van der Waals surface area (Å²) >= 11 is 6.07. The second kappa shape index (κ2) is 11.2. The molecule has 0 N–H and O–H groups in total. The van der Waals surface area contributed by atoms with Crippen molar-refractivity contribution < 1.29 is 19.0 Å². The van der Waals surface area contributed by atoms with Crippen molar-refractivity contribution in [1.29, 1.82) is 0 Å². The first-order chi connectivity index (χ1) is 13.9. The molecule has 1 aromatic carbocycles. The topological polar surface area (TPSA) is 69.5 Å². The molecular formula is C22H31ClN2O4. The van der Waals surface area contributed by atoms with Crippen molar-refractivity contribution >= 4 is 29.4 Å². The van der Waals surface area contributed by atoms with Crippen LogP contribution >= 0.6 is 11.6 Å². The lowest BCUT2D eigenvalue weighted by Crippen LogP contribution is -2.41. The van der Waals surface area contributed by atoms with Crippen LogP contribution in [0, 0.1) is 5.92 Å². The van der Waals surface area contributed by atoms with Crippen LogP contribution in [0.2, 0.25) is 5.02 Å². The van der Waals surface area contributed by atoms with E-state index in [1.807, 2.05) is 26.0 Å². The summed E-state index contributed by atoms with van der Waals surface area (Å²) in [4.78, 5) is 22.1. The van der Waals surface area contributed by atoms with Gasteiger partial charge in [-0.05, 0) is 44.4 Å². The average molecular weight is 423 g/mol. The Morgan fingerprint density at radius 2 is 1.52 bits per heavy atom. The molecule has 1 aliphatic heterocycles. The maximum Gasteiger partial charge on any atom is 0.306 e. The summed E-state index contributed by atoms with van der Waals surface area (Å²) in [6.45, 7) is 11.1. The van der Waals surface area contributed by atoms with Crippen molar-refractivity contribution in [3.63, 3.8) is 0 Å². The number of hydrogen-bond acceptors (Lipinski definition) is 6. The average Bonchev–Trinajstić information content (AvgIpc) is 2.68. The van der Waals surface area contributed by atoms with E-state index in [-0.39, 0.29) is 30.3 Å². The first-order valence-electron chi connectivity index (χ1n) is 10.2. The monoisotopic (exact) mass is 422 g/mol. The third-order valence-corrected chi connectivity index (χ3v) is 4.88. The molecule has 0 bridgehead atoms. The standard InChI is InChI=1S/C22H31ClN2O4/c1-6-27-18(26)13-17(15-9-11-16(23)12-10-15)20-22(29-8-3)24-19(14(4)5)21(25-20)28-7-2/h9-12,14,17,19-20H,6-8,13H2,1-5H3/t17-,19-,20+/m0/s1. The van der Waals surface area contributed by atoms with Crippen LogP contribution in [-0.4, -0.2) is 49.7 Å². The number of carbonyl (C=O) groups excluding carboxylic acids is 1. The Morgan fingerprint density at radius 1 is 0.966 bits per heavy atom. The van der Waals surface area contributed by atoms with Gasteiger partial charge in [0.15, 0.2) is 0 Å². The van der Waals surface area contributed by atoms with Crippen LogP contribution in [0.15, 0.2) is 34.3 Å². The second-order valence-electron chi connectivity index (χ2n) is 7.10. The van der Waals surface area contributed by atoms with Crippen molar-refractivity contribution in [2.45, 2.75) is 59.0 Å². The van der Waals surface area contributed by atoms with Gasteiger partial charge in [-0.25, -0.2) is 9.98 Å². The predicted octanol–water partition coefficient (Wildman–Crippen LogP) is 4.65. The van der Waals surface area contributed by atoms with Gasteiger partial charge in [-0.1, -0.05) is 37.6 Å². The van der Waals surface area contributed by atoms with Gasteiger partial charge in [-0.15, -0.1) is 0 Å². The highest BCUT2D eigenvalue weighted by Crippen LogP contribution is 2.32. The molecule has 0 unspecified atom stereocenters. The lowest BCUT2D eigenvalue weighted by atomic mass is 9.87. The summed E-state index contributed by atoms with van der Waals surface area (Å²) in [5, 5.41) is 0.629. The van der Waals surface area contributed by atoms with E-state index < -0.39 is 6.04 Å². The van der Waals surface area contributed by atoms with Crippen LogP contribution in [0.3, 0.4) is 0 Å². The third kappa shape index (κ3) is 6.20. The van der Waals surface area contributed by atoms with Crippen molar-refractivity contribution in [2.24, 2.45) is 15.9 Å². The zero-order valence-electron chi connectivity index (χ0n) is 17.9. The highest BCUT2D eigenvalue weighted by Gasteiger charge is 2.37. The largest absolute Gasteiger partial charge is 0.480 e. The van der Waals surface area contributed by atoms with E-state index >= 15 is 0 Å². The van der Waals surface area contributed by atoms with Gasteiger partial charge in [0.1, 0.15) is 12.1 Å². The fourth-order valence-corrected chi connectivity index (χ4v) is 3.42. The van der Waals surface area contributed by atoms with Gasteiger partial charge in [-0.2, -0.15) is 0 Å². The lowest BCUT2D eigenvalue weighted by Gasteiger charge is -2.32. The molecule has 1 aliphatic rings. The van der Waals surface area contributed by atoms with Crippen LogP contribution in [0.25, 0.3) is 0 Å². The number of benzene rings is 1. The van der Waals surface area contributed by atoms with Crippen molar-refractivity contribution in [1.82, 2.24) is 0 Å². The number of carbonyl (C=O) groups is 1. The van der Waals surface area contributed by atoms with Gasteiger partial charge in [0.25, 0.3) is 0 Å². The normalized spacial score (nSPS) is 20.0. The molecule has 0 amide bonds. The molecule has 3 atom stereocenters. The quantitative estimate of drug-likeness (QED) is 0.571. The van der Waals surface area contributed by atoms with Crippen LogP contribution in [0.4, 0.5) is 0 Å². The smallest absolute Gasteiger partial charge is 0.306 e. The summed E-state index contributed by atoms with van der Waals surface area (Å²) in [5.41, 5.74) is 0.919. The zero-order chi connectivity index (χ0) is 21.4. The van der Waals surface area contributed by atoms with E-state index in [0.717, 1.165) is 5.56 Å². The Balaban J connectivity index is 2.49. The van der Waals surface area contributed by atoms with Gasteiger partial charge in [0, 0.05) is 10.9 Å². The van der Waals surface area contributed by atoms with E-state index in [1.54, 1.807) is 19.1 Å². The van der Waals surface area contributed by atoms with Crippen molar-refractivity contribution in [2.75, 3.05) is 19.8 Å². The molecule has 160 valence electrons. The molecule has 29 heavy (non-hydrogen) atoms. The molecule has 2 rings (SSSR count). The number of aliphatic imine (C=N–C) groups is 2. The minimum absolute atomic E-state index is 0.154. The number of halogens is 1. The molecule has 6 nitrogen and oxygen atoms in total. The molecule has 1 aromatic rings. The number of rotatable bonds is 8.